The van der Waals surface area contributed by atoms with Gasteiger partial charge in [0, 0.05) is 92.2 Å². The van der Waals surface area contributed by atoms with Gasteiger partial charge in [0.15, 0.2) is 15.7 Å². The number of pyridine rings is 1. The van der Waals surface area contributed by atoms with Gasteiger partial charge < -0.3 is 35.4 Å². The van der Waals surface area contributed by atoms with Crippen molar-refractivity contribution in [3.8, 4) is 5.75 Å². The molecule has 3 aliphatic rings. The van der Waals surface area contributed by atoms with E-state index in [1.54, 1.807) is 68.3 Å². The number of nitrogens with zero attached hydrogens (tertiary/aromatic N) is 9. The first-order valence-corrected chi connectivity index (χ1v) is 28.9. The number of benzene rings is 2. The molecular formula is C55H68FN13O7S2. The lowest BCUT2D eigenvalue weighted by atomic mass is 9.87. The summed E-state index contributed by atoms with van der Waals surface area (Å²) in [6.45, 7) is 15.9. The maximum Gasteiger partial charge on any atom is 0.255 e. The molecule has 414 valence electrons. The number of thiazole rings is 1. The van der Waals surface area contributed by atoms with Crippen LogP contribution < -0.4 is 25.6 Å². The molecule has 0 saturated carbocycles. The van der Waals surface area contributed by atoms with Crippen molar-refractivity contribution >= 4 is 73.0 Å². The molecule has 4 N–H and O–H groups in total. The largest absolute Gasteiger partial charge is 0.492 e. The number of aryl methyl sites for hydroxylation is 1. The minimum Gasteiger partial charge on any atom is -0.492 e. The first-order valence-electron chi connectivity index (χ1n) is 26.5. The number of fused-ring (bicyclic) bond motifs is 1. The fourth-order valence-electron chi connectivity index (χ4n) is 10.1. The second-order valence-electron chi connectivity index (χ2n) is 21.3. The first-order chi connectivity index (χ1) is 37.3. The van der Waals surface area contributed by atoms with E-state index in [1.807, 2.05) is 26.0 Å². The molecule has 3 amide bonds. The Bertz CT molecular complexity index is 3260. The van der Waals surface area contributed by atoms with Gasteiger partial charge in [0.1, 0.15) is 51.2 Å². The fraction of sp³-hybridized carbons (Fsp3) is 0.473. The van der Waals surface area contributed by atoms with Crippen LogP contribution in [0, 0.1) is 25.6 Å². The number of hydrogen-bond donors (Lipinski definition) is 4. The van der Waals surface area contributed by atoms with Gasteiger partial charge in [-0.1, -0.05) is 0 Å². The molecule has 9 rings (SSSR count). The average molecular weight is 1110 g/mol. The molecule has 0 radical (unpaired) electrons. The predicted octanol–water partition coefficient (Wildman–Crippen LogP) is 6.41. The average Bonchev–Trinajstić information content (AvgIpc) is 4.26. The molecule has 2 aromatic carbocycles. The highest BCUT2D eigenvalue weighted by atomic mass is 32.2. The quantitative estimate of drug-likeness (QED) is 0.0537. The summed E-state index contributed by atoms with van der Waals surface area (Å²) in [5.74, 6) is 0.370. The number of likely N-dealkylation sites (tertiary alicyclic amines) is 2. The molecular weight excluding hydrogens is 1040 g/mol. The van der Waals surface area contributed by atoms with Crippen molar-refractivity contribution in [1.29, 1.82) is 0 Å². The number of rotatable bonds is 18. The van der Waals surface area contributed by atoms with Gasteiger partial charge in [0.25, 0.3) is 5.91 Å². The van der Waals surface area contributed by atoms with Crippen molar-refractivity contribution in [2.75, 3.05) is 76.2 Å². The number of sulfone groups is 1. The predicted molar refractivity (Wildman–Crippen MR) is 296 cm³/mol. The summed E-state index contributed by atoms with van der Waals surface area (Å²) in [6.07, 6.45) is 6.08. The minimum absolute atomic E-state index is 0.0756. The van der Waals surface area contributed by atoms with Crippen LogP contribution in [-0.2, 0) is 19.4 Å². The van der Waals surface area contributed by atoms with Gasteiger partial charge in [-0.25, -0.2) is 32.7 Å². The van der Waals surface area contributed by atoms with Crippen molar-refractivity contribution in [1.82, 2.24) is 55.5 Å². The third kappa shape index (κ3) is 12.0. The number of amides is 3. The molecule has 3 aliphatic heterocycles. The summed E-state index contributed by atoms with van der Waals surface area (Å²) >= 11 is 1.31. The number of carbonyl (C=O) groups excluding carboxylic acids is 4. The maximum atomic E-state index is 14.6. The number of piperazine rings is 1. The third-order valence-electron chi connectivity index (χ3n) is 15.2. The van der Waals surface area contributed by atoms with Gasteiger partial charge in [-0.05, 0) is 129 Å². The van der Waals surface area contributed by atoms with Gasteiger partial charge in [0.2, 0.25) is 17.6 Å². The molecule has 0 aliphatic carbocycles. The monoisotopic (exact) mass is 1110 g/mol. The molecule has 6 aromatic rings. The molecule has 0 spiro atoms. The first kappa shape index (κ1) is 55.8. The number of halogens is 1. The zero-order valence-electron chi connectivity index (χ0n) is 45.1. The molecule has 4 aromatic heterocycles. The lowest BCUT2D eigenvalue weighted by Gasteiger charge is -2.38. The lowest BCUT2D eigenvalue weighted by molar-refractivity contribution is -0.139. The standard InChI is InChI=1S/C55H68FN13O7S2/c1-33-34(2)64-65-49(33)63-50-40-28-45(78(74,75)55(4,5)6)44(29-41(40)59-32-60-50)76-27-9-19-66-23-25-67(26-24-66)46-16-13-38(30-58-46)53(72)68-21-17-36(18-22-68)47(62-51(71)35(3)57-7)54(73)69-20-8-10-43(69)52-61-42(31-77-52)48(70)37-11-14-39(56)15-12-37/h11-16,28-32,35-36,43,47,57H,8-10,17-27H2,1-7H3,(H,62,71)(H2,59,60,63,64,65)/t35?,43-,47?/m0/s1. The number of carbonyl (C=O) groups is 4. The zero-order valence-corrected chi connectivity index (χ0v) is 46.8. The molecule has 3 saturated heterocycles. The van der Waals surface area contributed by atoms with Gasteiger partial charge in [-0.3, -0.25) is 29.2 Å². The van der Waals surface area contributed by atoms with Gasteiger partial charge in [0.05, 0.1) is 34.5 Å². The molecule has 23 heteroatoms. The summed E-state index contributed by atoms with van der Waals surface area (Å²) in [5.41, 5.74) is 3.37. The van der Waals surface area contributed by atoms with Crippen molar-refractivity contribution < 1.29 is 36.7 Å². The number of H-pyrrole nitrogens is 1. The summed E-state index contributed by atoms with van der Waals surface area (Å²) in [6, 6.07) is 10.5. The van der Waals surface area contributed by atoms with Crippen LogP contribution >= 0.6 is 11.3 Å². The van der Waals surface area contributed by atoms with E-state index in [-0.39, 0.29) is 51.8 Å². The van der Waals surface area contributed by atoms with E-state index in [4.69, 9.17) is 9.72 Å². The van der Waals surface area contributed by atoms with E-state index in [9.17, 15) is 32.0 Å². The number of aromatic nitrogens is 6. The van der Waals surface area contributed by atoms with Crippen LogP contribution in [0.1, 0.15) is 109 Å². The number of likely N-dealkylation sites (N-methyl/N-ethyl adjacent to an activating group) is 1. The molecule has 3 atom stereocenters. The SMILES string of the molecule is CNC(C)C(=O)NC(C(=O)N1CCC[C@H]1c1nc(C(=O)c2ccc(F)cc2)cs1)C1CCN(C(=O)c2ccc(N3CCN(CCCOc4cc5ncnc(Nc6n[nH]c(C)c6C)c5cc4S(=O)(=O)C(C)(C)C)CC3)nc2)CC1. The molecule has 3 fully saturated rings. The molecule has 7 heterocycles. The number of aromatic amines is 1. The van der Waals surface area contributed by atoms with Crippen molar-refractivity contribution in [2.45, 2.75) is 101 Å². The summed E-state index contributed by atoms with van der Waals surface area (Å²) in [5, 5.41) is 19.4. The van der Waals surface area contributed by atoms with Crippen LogP contribution in [0.25, 0.3) is 10.9 Å². The van der Waals surface area contributed by atoms with E-state index >= 15 is 0 Å². The number of piperidine rings is 1. The topological polar surface area (TPSA) is 241 Å². The highest BCUT2D eigenvalue weighted by Crippen LogP contribution is 2.39. The number of ether oxygens (including phenoxy) is 1. The number of ketones is 1. The minimum atomic E-state index is -3.84. The van der Waals surface area contributed by atoms with Crippen LogP contribution in [0.4, 0.5) is 21.8 Å². The smallest absolute Gasteiger partial charge is 0.255 e. The van der Waals surface area contributed by atoms with Crippen molar-refractivity contribution in [3.63, 3.8) is 0 Å². The van der Waals surface area contributed by atoms with Crippen LogP contribution in [0.15, 0.2) is 71.3 Å². The number of hydrogen-bond acceptors (Lipinski definition) is 17. The molecule has 0 bridgehead atoms. The highest BCUT2D eigenvalue weighted by molar-refractivity contribution is 7.92. The Labute approximate surface area is 457 Å². The molecule has 20 nitrogen and oxygen atoms in total. The van der Waals surface area contributed by atoms with Crippen LogP contribution in [0.5, 0.6) is 5.75 Å². The third-order valence-corrected chi connectivity index (χ3v) is 18.7. The fourth-order valence-corrected chi connectivity index (χ4v) is 12.3. The van der Waals surface area contributed by atoms with Gasteiger partial charge in [-0.15, -0.1) is 11.3 Å². The van der Waals surface area contributed by atoms with Crippen molar-refractivity contribution in [2.24, 2.45) is 5.92 Å². The molecule has 78 heavy (non-hydrogen) atoms. The second-order valence-corrected chi connectivity index (χ2v) is 24.8. The maximum absolute atomic E-state index is 14.6. The van der Waals surface area contributed by atoms with Crippen LogP contribution in [0.2, 0.25) is 0 Å². The Morgan fingerprint density at radius 2 is 1.64 bits per heavy atom. The summed E-state index contributed by atoms with van der Waals surface area (Å²) < 4.78 is 46.7. The Morgan fingerprint density at radius 3 is 2.31 bits per heavy atom. The van der Waals surface area contributed by atoms with Crippen LogP contribution in [-0.4, -0.2) is 160 Å². The number of anilines is 3. The summed E-state index contributed by atoms with van der Waals surface area (Å²) in [7, 11) is -2.15. The van der Waals surface area contributed by atoms with E-state index in [2.05, 4.69) is 50.9 Å². The Kier molecular flexibility index (Phi) is 16.9. The number of nitrogens with one attached hydrogen (secondary N) is 4. The highest BCUT2D eigenvalue weighted by Gasteiger charge is 2.42. The van der Waals surface area contributed by atoms with E-state index < -0.39 is 32.5 Å². The second kappa shape index (κ2) is 23.6. The van der Waals surface area contributed by atoms with E-state index in [0.717, 1.165) is 56.2 Å². The Hall–Kier alpha value is -6.95. The van der Waals surface area contributed by atoms with Gasteiger partial charge >= 0.3 is 0 Å². The van der Waals surface area contributed by atoms with Crippen LogP contribution in [0.3, 0.4) is 0 Å². The van der Waals surface area contributed by atoms with E-state index in [0.29, 0.717) is 90.6 Å². The van der Waals surface area contributed by atoms with E-state index in [1.165, 1.54) is 41.9 Å². The Morgan fingerprint density at radius 1 is 0.910 bits per heavy atom. The normalized spacial score (nSPS) is 17.5. The lowest BCUT2D eigenvalue weighted by Crippen LogP contribution is -2.57. The molecule has 2 unspecified atom stereocenters. The zero-order chi connectivity index (χ0) is 55.5. The van der Waals surface area contributed by atoms with Crippen molar-refractivity contribution in [3.05, 3.63) is 105 Å². The summed E-state index contributed by atoms with van der Waals surface area (Å²) in [4.78, 5) is 81.4. The Balaban J connectivity index is 0.770. The van der Waals surface area contributed by atoms with Gasteiger partial charge in [-0.2, -0.15) is 5.10 Å².